The predicted molar refractivity (Wildman–Crippen MR) is 74.8 cm³/mol. The second-order valence-corrected chi connectivity index (χ2v) is 4.56. The van der Waals surface area contributed by atoms with E-state index in [2.05, 4.69) is 22.0 Å². The summed E-state index contributed by atoms with van der Waals surface area (Å²) in [5.41, 5.74) is 0.490. The Labute approximate surface area is 123 Å². The molecule has 0 aliphatic carbocycles. The van der Waals surface area contributed by atoms with Gasteiger partial charge in [0.25, 0.3) is 5.24 Å². The zero-order valence-corrected chi connectivity index (χ0v) is 11.8. The smallest absolute Gasteiger partial charge is 0.266 e. The van der Waals surface area contributed by atoms with Gasteiger partial charge >= 0.3 is 0 Å². The number of hydrogen-bond acceptors (Lipinski definition) is 6. The Morgan fingerprint density at radius 2 is 2.42 bits per heavy atom. The summed E-state index contributed by atoms with van der Waals surface area (Å²) in [7, 11) is 0. The molecule has 1 amide bonds. The maximum atomic E-state index is 11.1. The molecule has 0 spiro atoms. The van der Waals surface area contributed by atoms with Gasteiger partial charge in [-0.15, -0.1) is 22.9 Å². The number of anilines is 1. The van der Waals surface area contributed by atoms with Crippen molar-refractivity contribution in [3.63, 3.8) is 0 Å². The van der Waals surface area contributed by atoms with Gasteiger partial charge in [-0.2, -0.15) is 0 Å². The highest BCUT2D eigenvalue weighted by atomic mass is 35.5. The molecule has 0 radical (unpaired) electrons. The van der Waals surface area contributed by atoms with Gasteiger partial charge in [0.1, 0.15) is 17.8 Å². The number of rotatable bonds is 7. The van der Waals surface area contributed by atoms with E-state index in [-0.39, 0.29) is 11.8 Å². The number of hydrogen-bond donors (Lipinski definition) is 1. The lowest BCUT2D eigenvalue weighted by molar-refractivity contribution is -0.114. The van der Waals surface area contributed by atoms with Crippen LogP contribution in [0.15, 0.2) is 23.2 Å². The number of thiazole rings is 1. The molecular weight excluding hydrogens is 313 g/mol. The van der Waals surface area contributed by atoms with E-state index in [0.717, 1.165) is 6.21 Å². The summed E-state index contributed by atoms with van der Waals surface area (Å²) in [5, 5.41) is 7.17. The Bertz CT molecular complexity index is 504. The minimum Gasteiger partial charge on any atom is -0.382 e. The van der Waals surface area contributed by atoms with Gasteiger partial charge in [-0.1, -0.05) is 11.7 Å². The molecule has 0 saturated heterocycles. The van der Waals surface area contributed by atoms with E-state index in [4.69, 9.17) is 28.0 Å². The van der Waals surface area contributed by atoms with Crippen LogP contribution in [-0.4, -0.2) is 28.2 Å². The second-order valence-electron chi connectivity index (χ2n) is 3.06. The maximum Gasteiger partial charge on any atom is 0.266 e. The Morgan fingerprint density at radius 1 is 1.68 bits per heavy atom. The number of amides is 1. The van der Waals surface area contributed by atoms with Crippen molar-refractivity contribution in [1.82, 2.24) is 4.98 Å². The molecule has 0 saturated carbocycles. The molecular formula is C10H9Cl2N3O3S. The van der Waals surface area contributed by atoms with Gasteiger partial charge in [0.15, 0.2) is 11.2 Å². The van der Waals surface area contributed by atoms with Gasteiger partial charge < -0.3 is 10.2 Å². The van der Waals surface area contributed by atoms with Crippen molar-refractivity contribution in [2.75, 3.05) is 11.2 Å². The fourth-order valence-corrected chi connectivity index (χ4v) is 1.84. The number of alkyl halides is 1. The summed E-state index contributed by atoms with van der Waals surface area (Å²) in [6.07, 6.45) is 1.61. The molecule has 0 fully saturated rings. The molecule has 1 atom stereocenters. The number of carbonyl (C=O) groups is 2. The first kappa shape index (κ1) is 15.6. The molecule has 1 rings (SSSR count). The van der Waals surface area contributed by atoms with Gasteiger partial charge in [-0.3, -0.25) is 9.59 Å². The van der Waals surface area contributed by atoms with Crippen LogP contribution in [0.4, 0.5) is 5.13 Å². The largest absolute Gasteiger partial charge is 0.382 e. The average Bonchev–Trinajstić information content (AvgIpc) is 2.82. The highest BCUT2D eigenvalue weighted by Gasteiger charge is 2.14. The third-order valence-corrected chi connectivity index (χ3v) is 2.84. The molecule has 0 aromatic carbocycles. The van der Waals surface area contributed by atoms with E-state index in [1.54, 1.807) is 5.38 Å². The minimum absolute atomic E-state index is 0.154. The third kappa shape index (κ3) is 5.37. The predicted octanol–water partition coefficient (Wildman–Crippen LogP) is 2.32. The Morgan fingerprint density at radius 3 is 3.00 bits per heavy atom. The first-order valence-electron chi connectivity index (χ1n) is 4.89. The van der Waals surface area contributed by atoms with Crippen molar-refractivity contribution in [2.45, 2.75) is 6.10 Å². The SMILES string of the molecule is C=CC(ON=CC(=O)Cl)c1csc(NC(=O)CCl)n1. The molecule has 1 aromatic heterocycles. The molecule has 0 bridgehead atoms. The van der Waals surface area contributed by atoms with Crippen molar-refractivity contribution in [3.05, 3.63) is 23.7 Å². The highest BCUT2D eigenvalue weighted by molar-refractivity contribution is 7.14. The number of halogens is 2. The van der Waals surface area contributed by atoms with Crippen molar-refractivity contribution < 1.29 is 14.4 Å². The first-order valence-corrected chi connectivity index (χ1v) is 6.68. The van der Waals surface area contributed by atoms with Gasteiger partial charge in [0, 0.05) is 5.38 Å². The molecule has 0 aliphatic heterocycles. The van der Waals surface area contributed by atoms with Crippen LogP contribution in [0.5, 0.6) is 0 Å². The maximum absolute atomic E-state index is 11.1. The van der Waals surface area contributed by atoms with Crippen LogP contribution >= 0.6 is 34.5 Å². The van der Waals surface area contributed by atoms with Crippen LogP contribution in [0, 0.1) is 0 Å². The van der Waals surface area contributed by atoms with Gasteiger partial charge in [-0.25, -0.2) is 4.98 Å². The average molecular weight is 322 g/mol. The van der Waals surface area contributed by atoms with Crippen molar-refractivity contribution in [1.29, 1.82) is 0 Å². The monoisotopic (exact) mass is 321 g/mol. The number of nitrogens with zero attached hydrogens (tertiary/aromatic N) is 2. The summed E-state index contributed by atoms with van der Waals surface area (Å²) >= 11 is 11.6. The zero-order chi connectivity index (χ0) is 14.3. The summed E-state index contributed by atoms with van der Waals surface area (Å²) < 4.78 is 0. The fourth-order valence-electron chi connectivity index (χ4n) is 0.982. The third-order valence-electron chi connectivity index (χ3n) is 1.72. The summed E-state index contributed by atoms with van der Waals surface area (Å²) in [6, 6.07) is 0. The van der Waals surface area contributed by atoms with Gasteiger partial charge in [0.2, 0.25) is 5.91 Å². The lowest BCUT2D eigenvalue weighted by Crippen LogP contribution is -2.12. The van der Waals surface area contributed by atoms with Crippen LogP contribution in [0.2, 0.25) is 0 Å². The molecule has 9 heteroatoms. The molecule has 1 aromatic rings. The van der Waals surface area contributed by atoms with Gasteiger partial charge in [-0.05, 0) is 17.7 Å². The number of nitrogens with one attached hydrogen (secondary N) is 1. The summed E-state index contributed by atoms with van der Waals surface area (Å²) in [4.78, 5) is 30.6. The molecule has 1 N–H and O–H groups in total. The zero-order valence-electron chi connectivity index (χ0n) is 9.51. The molecule has 1 heterocycles. The lowest BCUT2D eigenvalue weighted by Gasteiger charge is -2.06. The lowest BCUT2D eigenvalue weighted by atomic mass is 10.3. The van der Waals surface area contributed by atoms with Crippen molar-refractivity contribution >= 4 is 57.0 Å². The van der Waals surface area contributed by atoms with Crippen molar-refractivity contribution in [2.24, 2.45) is 5.16 Å². The van der Waals surface area contributed by atoms with E-state index >= 15 is 0 Å². The second kappa shape index (κ2) is 7.88. The van der Waals surface area contributed by atoms with Crippen LogP contribution in [-0.2, 0) is 14.4 Å². The van der Waals surface area contributed by atoms with Crippen LogP contribution < -0.4 is 5.32 Å². The van der Waals surface area contributed by atoms with E-state index in [1.807, 2.05) is 0 Å². The van der Waals surface area contributed by atoms with Gasteiger partial charge in [0.05, 0.1) is 0 Å². The van der Waals surface area contributed by atoms with E-state index < -0.39 is 11.3 Å². The molecule has 19 heavy (non-hydrogen) atoms. The van der Waals surface area contributed by atoms with E-state index in [0.29, 0.717) is 10.8 Å². The molecule has 1 unspecified atom stereocenters. The number of aromatic nitrogens is 1. The minimum atomic E-state index is -0.754. The highest BCUT2D eigenvalue weighted by Crippen LogP contribution is 2.24. The Balaban J connectivity index is 2.69. The standard InChI is InChI=1S/C10H9Cl2N3O3S/c1-2-7(18-13-4-8(12)16)6-5-19-10(14-6)15-9(17)3-11/h2,4-5,7H,1,3H2,(H,14,15,17). The van der Waals surface area contributed by atoms with E-state index in [1.165, 1.54) is 17.4 Å². The molecule has 6 nitrogen and oxygen atoms in total. The van der Waals surface area contributed by atoms with Crippen LogP contribution in [0.3, 0.4) is 0 Å². The quantitative estimate of drug-likeness (QED) is 0.275. The summed E-state index contributed by atoms with van der Waals surface area (Å²) in [5.74, 6) is -0.511. The Kier molecular flexibility index (Phi) is 6.48. The van der Waals surface area contributed by atoms with Crippen LogP contribution in [0.1, 0.15) is 11.8 Å². The first-order chi connectivity index (χ1) is 9.06. The number of carbonyl (C=O) groups excluding carboxylic acids is 2. The summed E-state index contributed by atoms with van der Waals surface area (Å²) in [6.45, 7) is 3.56. The number of oxime groups is 1. The van der Waals surface area contributed by atoms with Crippen LogP contribution in [0.25, 0.3) is 0 Å². The van der Waals surface area contributed by atoms with Crippen molar-refractivity contribution in [3.8, 4) is 0 Å². The normalized spacial score (nSPS) is 12.1. The Hall–Kier alpha value is -1.44. The van der Waals surface area contributed by atoms with E-state index in [9.17, 15) is 9.59 Å². The molecule has 0 aliphatic rings. The molecule has 102 valence electrons. The topological polar surface area (TPSA) is 80.6 Å². The fraction of sp³-hybridized carbons (Fsp3) is 0.200.